The summed E-state index contributed by atoms with van der Waals surface area (Å²) in [7, 11) is 0. The Kier molecular flexibility index (Phi) is 13.1. The molecule has 0 aromatic heterocycles. The second kappa shape index (κ2) is 16.2. The van der Waals surface area contributed by atoms with Gasteiger partial charge in [-0.3, -0.25) is 9.97 Å². The number of carbonyl (C=O) groups is 1. The Bertz CT molecular complexity index is 1270. The Morgan fingerprint density at radius 1 is 1.02 bits per heavy atom. The maximum atomic E-state index is 13.9. The normalized spacial score (nSPS) is 13.6. The van der Waals surface area contributed by atoms with E-state index in [1.54, 1.807) is 23.1 Å². The van der Waals surface area contributed by atoms with Crippen molar-refractivity contribution in [3.05, 3.63) is 103 Å². The van der Waals surface area contributed by atoms with Gasteiger partial charge < -0.3 is 20.5 Å². The molecule has 3 aromatic rings. The third-order valence-corrected chi connectivity index (χ3v) is 7.26. The predicted molar refractivity (Wildman–Crippen MR) is 166 cm³/mol. The Balaban J connectivity index is 1.80. The first kappa shape index (κ1) is 33.0. The molecule has 41 heavy (non-hydrogen) atoms. The topological polar surface area (TPSA) is 92.1 Å². The molecule has 3 aromatic carbocycles. The fourth-order valence-corrected chi connectivity index (χ4v) is 5.35. The van der Waals surface area contributed by atoms with Gasteiger partial charge in [0, 0.05) is 53.5 Å². The third-order valence-electron chi connectivity index (χ3n) is 6.59. The van der Waals surface area contributed by atoms with Gasteiger partial charge in [-0.25, -0.2) is 8.78 Å². The van der Waals surface area contributed by atoms with Crippen LogP contribution in [0.1, 0.15) is 53.7 Å². The van der Waals surface area contributed by atoms with Crippen LogP contribution in [-0.4, -0.2) is 47.7 Å². The third kappa shape index (κ3) is 10.4. The summed E-state index contributed by atoms with van der Waals surface area (Å²) in [4.78, 5) is 15.0. The second-order valence-corrected chi connectivity index (χ2v) is 11.5. The van der Waals surface area contributed by atoms with Gasteiger partial charge in [-0.05, 0) is 95.8 Å². The molecule has 0 radical (unpaired) electrons. The van der Waals surface area contributed by atoms with Crippen LogP contribution in [0, 0.1) is 27.3 Å². The number of aryl methyl sites for hydroxylation is 1. The van der Waals surface area contributed by atoms with Crippen molar-refractivity contribution in [2.24, 2.45) is 0 Å². The van der Waals surface area contributed by atoms with Crippen molar-refractivity contribution in [3.8, 4) is 0 Å². The number of nitrogens with zero attached hydrogens (tertiary/aromatic N) is 1. The van der Waals surface area contributed by atoms with E-state index < -0.39 is 29.0 Å². The van der Waals surface area contributed by atoms with Crippen LogP contribution >= 0.6 is 22.6 Å². The number of aliphatic hydroxyl groups excluding tert-OH is 1. The van der Waals surface area contributed by atoms with E-state index in [0.717, 1.165) is 33.6 Å². The smallest absolute Gasteiger partial charge is 0.254 e. The Hall–Kier alpha value is -2.48. The highest BCUT2D eigenvalue weighted by molar-refractivity contribution is 14.1. The highest BCUT2D eigenvalue weighted by atomic mass is 127. The van der Waals surface area contributed by atoms with E-state index in [0.29, 0.717) is 30.8 Å². The molecule has 0 saturated heterocycles. The largest absolute Gasteiger partial charge is 0.608 e. The average Bonchev–Trinajstić information content (AvgIpc) is 2.91. The maximum absolute atomic E-state index is 13.9. The summed E-state index contributed by atoms with van der Waals surface area (Å²) in [5, 5.41) is 27.3. The molecule has 0 fully saturated rings. The minimum atomic E-state index is -1.07. The van der Waals surface area contributed by atoms with Gasteiger partial charge in [0.25, 0.3) is 5.91 Å². The maximum Gasteiger partial charge on any atom is 0.254 e. The molecule has 0 aliphatic carbocycles. The van der Waals surface area contributed by atoms with E-state index in [4.69, 9.17) is 0 Å². The van der Waals surface area contributed by atoms with Crippen molar-refractivity contribution in [2.45, 2.75) is 58.7 Å². The molecule has 10 heteroatoms. The lowest BCUT2D eigenvalue weighted by atomic mass is 10.0. The number of halogens is 3. The van der Waals surface area contributed by atoms with E-state index in [1.807, 2.05) is 45.0 Å². The molecule has 0 aliphatic heterocycles. The van der Waals surface area contributed by atoms with Gasteiger partial charge in [-0.15, -0.1) is 0 Å². The lowest BCUT2D eigenvalue weighted by Crippen LogP contribution is -3.11. The predicted octanol–water partition coefficient (Wildman–Crippen LogP) is 4.42. The lowest BCUT2D eigenvalue weighted by Gasteiger charge is -2.31. The molecular formula is C31H39F2IN4O3. The molecule has 222 valence electrons. The summed E-state index contributed by atoms with van der Waals surface area (Å²) in [5.74, 6) is -1.61. The number of hydrogen-bond acceptors (Lipinski definition) is 5. The standard InChI is InChI=1S/C31H39F2IN4O3/c1-4-9-37(10-5-2)31(40)24-11-21(3)12-28(17-24)38(41)36-29(16-23-13-25(32)18-26(33)14-23)30(39)20-35-19-22-7-6-8-27(34)15-22/h6-8,11-15,17-18,29-30,35-36,38-39H,4-5,9-10,16,19-20H2,1-3H3/t29-,30+/m0/s1. The zero-order valence-electron chi connectivity index (χ0n) is 23.7. The molecule has 0 aliphatic rings. The van der Waals surface area contributed by atoms with Crippen LogP contribution in [0.2, 0.25) is 0 Å². The Labute approximate surface area is 254 Å². The van der Waals surface area contributed by atoms with Crippen molar-refractivity contribution in [2.75, 3.05) is 19.6 Å². The van der Waals surface area contributed by atoms with Crippen LogP contribution in [0.25, 0.3) is 0 Å². The summed E-state index contributed by atoms with van der Waals surface area (Å²) in [6.45, 7) is 7.71. The minimum absolute atomic E-state index is 0.00484. The number of quaternary nitrogens is 1. The first-order chi connectivity index (χ1) is 19.6. The average molecular weight is 681 g/mol. The van der Waals surface area contributed by atoms with Crippen LogP contribution in [0.4, 0.5) is 14.5 Å². The fourth-order valence-electron chi connectivity index (χ4n) is 4.75. The number of benzene rings is 3. The second-order valence-electron chi connectivity index (χ2n) is 10.3. The van der Waals surface area contributed by atoms with Crippen molar-refractivity contribution in [3.63, 3.8) is 0 Å². The molecule has 3 atom stereocenters. The van der Waals surface area contributed by atoms with Gasteiger partial charge in [0.15, 0.2) is 5.69 Å². The van der Waals surface area contributed by atoms with Gasteiger partial charge in [-0.2, -0.15) is 5.43 Å². The molecule has 3 rings (SSSR count). The van der Waals surface area contributed by atoms with Crippen LogP contribution in [0.5, 0.6) is 0 Å². The fraction of sp³-hybridized carbons (Fsp3) is 0.387. The zero-order valence-corrected chi connectivity index (χ0v) is 25.9. The molecule has 0 heterocycles. The molecule has 4 N–H and O–H groups in total. The van der Waals surface area contributed by atoms with Crippen LogP contribution < -0.4 is 15.9 Å². The van der Waals surface area contributed by atoms with E-state index in [2.05, 4.69) is 33.3 Å². The summed E-state index contributed by atoms with van der Waals surface area (Å²) in [6.07, 6.45) is 0.583. The number of nitrogens with one attached hydrogen (secondary N) is 3. The summed E-state index contributed by atoms with van der Waals surface area (Å²) in [6, 6.07) is 15.2. The van der Waals surface area contributed by atoms with Crippen molar-refractivity contribution >= 4 is 34.2 Å². The molecule has 1 unspecified atom stereocenters. The highest BCUT2D eigenvalue weighted by Gasteiger charge is 2.25. The van der Waals surface area contributed by atoms with Gasteiger partial charge in [0.2, 0.25) is 0 Å². The van der Waals surface area contributed by atoms with E-state index in [-0.39, 0.29) is 24.6 Å². The number of hydrogen-bond donors (Lipinski definition) is 4. The molecule has 0 saturated carbocycles. The quantitative estimate of drug-likeness (QED) is 0.141. The molecule has 0 bridgehead atoms. The summed E-state index contributed by atoms with van der Waals surface area (Å²) >= 11 is 2.23. The van der Waals surface area contributed by atoms with Crippen molar-refractivity contribution in [1.29, 1.82) is 0 Å². The van der Waals surface area contributed by atoms with Crippen LogP contribution in [-0.2, 0) is 13.0 Å². The van der Waals surface area contributed by atoms with E-state index in [9.17, 15) is 23.9 Å². The van der Waals surface area contributed by atoms with Crippen LogP contribution in [0.15, 0.2) is 60.7 Å². The van der Waals surface area contributed by atoms with E-state index >= 15 is 0 Å². The number of aliphatic hydroxyl groups is 1. The minimum Gasteiger partial charge on any atom is -0.608 e. The Morgan fingerprint density at radius 2 is 1.71 bits per heavy atom. The van der Waals surface area contributed by atoms with Gasteiger partial charge in [0.1, 0.15) is 11.6 Å². The van der Waals surface area contributed by atoms with Crippen molar-refractivity contribution in [1.82, 2.24) is 15.6 Å². The molecule has 1 amide bonds. The summed E-state index contributed by atoms with van der Waals surface area (Å²) in [5.41, 5.74) is 5.63. The number of amides is 1. The van der Waals surface area contributed by atoms with Crippen molar-refractivity contribution < 1.29 is 23.9 Å². The number of rotatable bonds is 15. The van der Waals surface area contributed by atoms with Gasteiger partial charge in [0.05, 0.1) is 12.1 Å². The molecule has 7 nitrogen and oxygen atoms in total. The first-order valence-corrected chi connectivity index (χ1v) is 15.0. The first-order valence-electron chi connectivity index (χ1n) is 13.9. The highest BCUT2D eigenvalue weighted by Crippen LogP contribution is 2.16. The number of carbonyl (C=O) groups excluding carboxylic acids is 1. The molecule has 0 spiro atoms. The van der Waals surface area contributed by atoms with Crippen LogP contribution in [0.3, 0.4) is 0 Å². The SMILES string of the molecule is CCCN(CCC)C(=O)c1cc(C)cc([NH+]([O-])N[C@@H](Cc2cc(F)cc(F)c2)[C@H](O)CNCc2cccc(I)c2)c1. The monoisotopic (exact) mass is 680 g/mol. The molecular weight excluding hydrogens is 641 g/mol. The van der Waals surface area contributed by atoms with Gasteiger partial charge >= 0.3 is 0 Å². The van der Waals surface area contributed by atoms with Gasteiger partial charge in [-0.1, -0.05) is 26.0 Å². The Morgan fingerprint density at radius 3 is 2.34 bits per heavy atom. The lowest BCUT2D eigenvalue weighted by molar-refractivity contribution is -0.833. The van der Waals surface area contributed by atoms with E-state index in [1.165, 1.54) is 12.1 Å². The zero-order chi connectivity index (χ0) is 29.9. The summed E-state index contributed by atoms with van der Waals surface area (Å²) < 4.78 is 28.9.